The maximum Gasteiger partial charge on any atom is 0.231 e. The van der Waals surface area contributed by atoms with Crippen molar-refractivity contribution in [1.29, 1.82) is 0 Å². The topological polar surface area (TPSA) is 42.4 Å². The van der Waals surface area contributed by atoms with Gasteiger partial charge in [0.05, 0.1) is 12.6 Å². The van der Waals surface area contributed by atoms with Crippen LogP contribution in [0.25, 0.3) is 0 Å². The highest BCUT2D eigenvalue weighted by Gasteiger charge is 2.24. The summed E-state index contributed by atoms with van der Waals surface area (Å²) in [5.74, 6) is 0.176. The van der Waals surface area contributed by atoms with Crippen LogP contribution in [0.2, 0.25) is 0 Å². The quantitative estimate of drug-likeness (QED) is 0.782. The first-order valence-electron chi connectivity index (χ1n) is 8.33. The van der Waals surface area contributed by atoms with Crippen molar-refractivity contribution in [2.75, 3.05) is 18.1 Å². The van der Waals surface area contributed by atoms with Gasteiger partial charge in [-0.3, -0.25) is 9.78 Å². The number of aromatic nitrogens is 1. The van der Waals surface area contributed by atoms with Crippen molar-refractivity contribution in [3.05, 3.63) is 36.2 Å². The lowest BCUT2D eigenvalue weighted by Crippen LogP contribution is -2.37. The summed E-state index contributed by atoms with van der Waals surface area (Å²) in [5.41, 5.74) is 2.22. The van der Waals surface area contributed by atoms with E-state index in [1.54, 1.807) is 12.4 Å². The molecule has 0 saturated carbocycles. The van der Waals surface area contributed by atoms with Crippen LogP contribution < -0.4 is 4.90 Å². The Morgan fingerprint density at radius 3 is 2.82 bits per heavy atom. The van der Waals surface area contributed by atoms with E-state index in [4.69, 9.17) is 4.74 Å². The Morgan fingerprint density at radius 1 is 1.27 bits per heavy atom. The van der Waals surface area contributed by atoms with Crippen molar-refractivity contribution in [3.63, 3.8) is 0 Å². The van der Waals surface area contributed by atoms with Gasteiger partial charge in [0.25, 0.3) is 0 Å². The van der Waals surface area contributed by atoms with E-state index < -0.39 is 0 Å². The second-order valence-corrected chi connectivity index (χ2v) is 6.13. The molecule has 1 amide bonds. The maximum absolute atomic E-state index is 12.8. The fourth-order valence-electron chi connectivity index (χ4n) is 3.22. The van der Waals surface area contributed by atoms with Crippen molar-refractivity contribution in [3.8, 4) is 0 Å². The minimum absolute atomic E-state index is 0.164. The molecule has 1 fully saturated rings. The molecule has 4 heteroatoms. The van der Waals surface area contributed by atoms with E-state index in [0.29, 0.717) is 13.0 Å². The Bertz CT molecular complexity index is 521. The van der Waals surface area contributed by atoms with Gasteiger partial charge in [-0.05, 0) is 50.7 Å². The Balaban J connectivity index is 1.71. The van der Waals surface area contributed by atoms with Crippen molar-refractivity contribution in [2.24, 2.45) is 0 Å². The zero-order valence-electron chi connectivity index (χ0n) is 13.0. The Kier molecular flexibility index (Phi) is 5.22. The van der Waals surface area contributed by atoms with Crippen LogP contribution in [-0.4, -0.2) is 30.1 Å². The minimum atomic E-state index is 0.164. The Hall–Kier alpha value is -1.68. The summed E-state index contributed by atoms with van der Waals surface area (Å²) >= 11 is 0. The summed E-state index contributed by atoms with van der Waals surface area (Å²) in [6.45, 7) is 1.46. The summed E-state index contributed by atoms with van der Waals surface area (Å²) in [4.78, 5) is 18.7. The molecule has 1 unspecified atom stereocenters. The number of ether oxygens (including phenoxy) is 1. The molecule has 1 aliphatic carbocycles. The van der Waals surface area contributed by atoms with E-state index in [1.165, 1.54) is 18.4 Å². The molecule has 2 aliphatic rings. The molecule has 3 rings (SSSR count). The van der Waals surface area contributed by atoms with Gasteiger partial charge < -0.3 is 9.64 Å². The number of carbonyl (C=O) groups is 1. The average Bonchev–Trinajstić information content (AvgIpc) is 3.07. The summed E-state index contributed by atoms with van der Waals surface area (Å²) in [6.07, 6.45) is 13.2. The number of carbonyl (C=O) groups excluding carboxylic acids is 1. The van der Waals surface area contributed by atoms with Crippen LogP contribution in [0.5, 0.6) is 0 Å². The zero-order chi connectivity index (χ0) is 15.2. The first kappa shape index (κ1) is 15.2. The number of hydrogen-bond acceptors (Lipinski definition) is 3. The fraction of sp³-hybridized carbons (Fsp3) is 0.556. The molecule has 1 aliphatic heterocycles. The van der Waals surface area contributed by atoms with Crippen molar-refractivity contribution in [2.45, 2.75) is 51.0 Å². The summed E-state index contributed by atoms with van der Waals surface area (Å²) in [6, 6.07) is 3.81. The van der Waals surface area contributed by atoms with Crippen molar-refractivity contribution >= 4 is 11.6 Å². The third-order valence-electron chi connectivity index (χ3n) is 4.45. The van der Waals surface area contributed by atoms with E-state index in [2.05, 4.69) is 11.1 Å². The molecule has 0 bridgehead atoms. The fourth-order valence-corrected chi connectivity index (χ4v) is 3.22. The maximum atomic E-state index is 12.8. The number of nitrogens with zero attached hydrogens (tertiary/aromatic N) is 2. The van der Waals surface area contributed by atoms with Gasteiger partial charge in [-0.2, -0.15) is 0 Å². The molecule has 0 N–H and O–H groups in total. The van der Waals surface area contributed by atoms with Gasteiger partial charge in [0.1, 0.15) is 0 Å². The van der Waals surface area contributed by atoms with Gasteiger partial charge in [-0.15, -0.1) is 0 Å². The highest BCUT2D eigenvalue weighted by molar-refractivity contribution is 5.94. The predicted molar refractivity (Wildman–Crippen MR) is 86.7 cm³/mol. The third kappa shape index (κ3) is 3.95. The molecular weight excluding hydrogens is 276 g/mol. The second kappa shape index (κ2) is 7.54. The SMILES string of the molecule is O=C(CC1=CCCCC1)N(CC1CCCO1)c1ccncc1. The van der Waals surface area contributed by atoms with Gasteiger partial charge in [0.15, 0.2) is 0 Å². The van der Waals surface area contributed by atoms with E-state index >= 15 is 0 Å². The van der Waals surface area contributed by atoms with Gasteiger partial charge in [-0.25, -0.2) is 0 Å². The first-order valence-corrected chi connectivity index (χ1v) is 8.33. The van der Waals surface area contributed by atoms with E-state index in [0.717, 1.165) is 38.0 Å². The molecule has 1 saturated heterocycles. The largest absolute Gasteiger partial charge is 0.376 e. The van der Waals surface area contributed by atoms with E-state index in [9.17, 15) is 4.79 Å². The molecule has 0 spiro atoms. The molecule has 1 aromatic heterocycles. The van der Waals surface area contributed by atoms with Gasteiger partial charge in [-0.1, -0.05) is 11.6 Å². The van der Waals surface area contributed by atoms with Crippen molar-refractivity contribution in [1.82, 2.24) is 4.98 Å². The summed E-state index contributed by atoms with van der Waals surface area (Å²) in [7, 11) is 0. The Labute approximate surface area is 132 Å². The number of pyridine rings is 1. The normalized spacial score (nSPS) is 21.5. The number of anilines is 1. The van der Waals surface area contributed by atoms with Crippen LogP contribution in [-0.2, 0) is 9.53 Å². The van der Waals surface area contributed by atoms with Crippen LogP contribution in [0.4, 0.5) is 5.69 Å². The summed E-state index contributed by atoms with van der Waals surface area (Å²) in [5, 5.41) is 0. The molecule has 1 aromatic rings. The predicted octanol–water partition coefficient (Wildman–Crippen LogP) is 3.48. The lowest BCUT2D eigenvalue weighted by Gasteiger charge is -2.26. The van der Waals surface area contributed by atoms with E-state index in [-0.39, 0.29) is 12.0 Å². The highest BCUT2D eigenvalue weighted by atomic mass is 16.5. The second-order valence-electron chi connectivity index (χ2n) is 6.13. The van der Waals surface area contributed by atoms with Crippen molar-refractivity contribution < 1.29 is 9.53 Å². The van der Waals surface area contributed by atoms with Gasteiger partial charge >= 0.3 is 0 Å². The average molecular weight is 300 g/mol. The van der Waals surface area contributed by atoms with Gasteiger partial charge in [0, 0.05) is 31.1 Å². The zero-order valence-corrected chi connectivity index (χ0v) is 13.0. The number of rotatable bonds is 5. The lowest BCUT2D eigenvalue weighted by atomic mass is 9.96. The number of amides is 1. The molecule has 0 radical (unpaired) electrons. The smallest absolute Gasteiger partial charge is 0.231 e. The molecule has 1 atom stereocenters. The number of hydrogen-bond donors (Lipinski definition) is 0. The van der Waals surface area contributed by atoms with Crippen LogP contribution in [0.3, 0.4) is 0 Å². The standard InChI is InChI=1S/C18H24N2O2/c21-18(13-15-5-2-1-3-6-15)20(14-17-7-4-12-22-17)16-8-10-19-11-9-16/h5,8-11,17H,1-4,6-7,12-14H2. The molecular formula is C18H24N2O2. The van der Waals surface area contributed by atoms with Crippen LogP contribution >= 0.6 is 0 Å². The van der Waals surface area contributed by atoms with Crippen LogP contribution in [0, 0.1) is 0 Å². The monoisotopic (exact) mass is 300 g/mol. The first-order chi connectivity index (χ1) is 10.8. The van der Waals surface area contributed by atoms with Crippen LogP contribution in [0.15, 0.2) is 36.2 Å². The van der Waals surface area contributed by atoms with Crippen LogP contribution in [0.1, 0.15) is 44.9 Å². The molecule has 22 heavy (non-hydrogen) atoms. The third-order valence-corrected chi connectivity index (χ3v) is 4.45. The molecule has 118 valence electrons. The molecule has 2 heterocycles. The lowest BCUT2D eigenvalue weighted by molar-refractivity contribution is -0.118. The molecule has 0 aromatic carbocycles. The summed E-state index contributed by atoms with van der Waals surface area (Å²) < 4.78 is 5.72. The Morgan fingerprint density at radius 2 is 2.14 bits per heavy atom. The minimum Gasteiger partial charge on any atom is -0.376 e. The number of allylic oxidation sites excluding steroid dienone is 1. The van der Waals surface area contributed by atoms with E-state index in [1.807, 2.05) is 17.0 Å². The highest BCUT2D eigenvalue weighted by Crippen LogP contribution is 2.24. The van der Waals surface area contributed by atoms with Gasteiger partial charge in [0.2, 0.25) is 5.91 Å². The molecule has 4 nitrogen and oxygen atoms in total.